The number of hydrogen-bond donors (Lipinski definition) is 2. The molecule has 0 aliphatic heterocycles. The topological polar surface area (TPSA) is 80.0 Å². The fraction of sp³-hybridized carbons (Fsp3) is 0.0500. The number of benzene rings is 2. The van der Waals surface area contributed by atoms with Crippen molar-refractivity contribution < 1.29 is 5.11 Å². The molecule has 0 fully saturated rings. The van der Waals surface area contributed by atoms with Gasteiger partial charge in [0.05, 0.1) is 17.4 Å². The van der Waals surface area contributed by atoms with E-state index in [9.17, 15) is 9.90 Å². The molecule has 0 aliphatic carbocycles. The number of halogens is 1. The van der Waals surface area contributed by atoms with Gasteiger partial charge in [-0.05, 0) is 42.5 Å². The Balaban J connectivity index is 1.84. The highest BCUT2D eigenvalue weighted by molar-refractivity contribution is 9.10. The van der Waals surface area contributed by atoms with Crippen LogP contribution < -0.4 is 11.0 Å². The highest BCUT2D eigenvalue weighted by Crippen LogP contribution is 2.22. The van der Waals surface area contributed by atoms with Crippen LogP contribution in [0.5, 0.6) is 5.75 Å². The molecule has 0 atom stereocenters. The first-order valence-electron chi connectivity index (χ1n) is 8.27. The summed E-state index contributed by atoms with van der Waals surface area (Å²) in [4.78, 5) is 21.8. The van der Waals surface area contributed by atoms with E-state index in [4.69, 9.17) is 0 Å². The molecule has 2 heterocycles. The van der Waals surface area contributed by atoms with Crippen molar-refractivity contribution in [1.29, 1.82) is 0 Å². The SMILES string of the molecule is O=c1c2ccccc2nc(-c2ccncc2)n1NCc1cc(Br)ccc1O. The van der Waals surface area contributed by atoms with Crippen LogP contribution in [0.4, 0.5) is 0 Å². The average Bonchev–Trinajstić information content (AvgIpc) is 2.70. The van der Waals surface area contributed by atoms with Gasteiger partial charge in [-0.15, -0.1) is 0 Å². The van der Waals surface area contributed by atoms with Crippen LogP contribution in [0.2, 0.25) is 0 Å². The molecule has 0 amide bonds. The second-order valence-electron chi connectivity index (χ2n) is 5.94. The fourth-order valence-electron chi connectivity index (χ4n) is 2.83. The number of para-hydroxylation sites is 1. The zero-order valence-corrected chi connectivity index (χ0v) is 15.7. The van der Waals surface area contributed by atoms with Crippen molar-refractivity contribution in [3.05, 3.63) is 87.4 Å². The Hall–Kier alpha value is -3.19. The van der Waals surface area contributed by atoms with E-state index in [2.05, 4.69) is 31.3 Å². The van der Waals surface area contributed by atoms with Gasteiger partial charge < -0.3 is 10.5 Å². The number of fused-ring (bicyclic) bond motifs is 1. The number of nitrogens with zero attached hydrogens (tertiary/aromatic N) is 3. The summed E-state index contributed by atoms with van der Waals surface area (Å²) in [6, 6.07) is 16.0. The number of aromatic nitrogens is 3. The van der Waals surface area contributed by atoms with Crippen molar-refractivity contribution in [2.45, 2.75) is 6.54 Å². The molecule has 0 saturated carbocycles. The molecule has 2 aromatic carbocycles. The summed E-state index contributed by atoms with van der Waals surface area (Å²) in [7, 11) is 0. The largest absolute Gasteiger partial charge is 0.508 e. The number of hydrogen-bond acceptors (Lipinski definition) is 5. The van der Waals surface area contributed by atoms with Crippen LogP contribution in [0.3, 0.4) is 0 Å². The van der Waals surface area contributed by atoms with E-state index in [0.717, 1.165) is 10.0 Å². The molecule has 0 aliphatic rings. The third kappa shape index (κ3) is 3.41. The summed E-state index contributed by atoms with van der Waals surface area (Å²) < 4.78 is 2.26. The third-order valence-electron chi connectivity index (χ3n) is 4.18. The van der Waals surface area contributed by atoms with E-state index in [1.807, 2.05) is 18.2 Å². The monoisotopic (exact) mass is 422 g/mol. The number of phenolic OH excluding ortho intramolecular Hbond substituents is 1. The van der Waals surface area contributed by atoms with E-state index in [-0.39, 0.29) is 17.9 Å². The molecule has 2 N–H and O–H groups in total. The van der Waals surface area contributed by atoms with Gasteiger partial charge in [0.1, 0.15) is 5.75 Å². The maximum atomic E-state index is 13.1. The van der Waals surface area contributed by atoms with Crippen LogP contribution in [-0.2, 0) is 6.54 Å². The van der Waals surface area contributed by atoms with Crippen LogP contribution in [0.25, 0.3) is 22.3 Å². The first kappa shape index (κ1) is 17.2. The lowest BCUT2D eigenvalue weighted by molar-refractivity contribution is 0.468. The molecule has 4 rings (SSSR count). The fourth-order valence-corrected chi connectivity index (χ4v) is 3.24. The summed E-state index contributed by atoms with van der Waals surface area (Å²) >= 11 is 3.39. The minimum absolute atomic E-state index is 0.151. The molecule has 134 valence electrons. The van der Waals surface area contributed by atoms with Gasteiger partial charge in [-0.2, -0.15) is 0 Å². The van der Waals surface area contributed by atoms with E-state index < -0.39 is 0 Å². The van der Waals surface area contributed by atoms with Crippen molar-refractivity contribution in [3.63, 3.8) is 0 Å². The molecule has 4 aromatic rings. The number of rotatable bonds is 4. The maximum Gasteiger partial charge on any atom is 0.280 e. The smallest absolute Gasteiger partial charge is 0.280 e. The lowest BCUT2D eigenvalue weighted by atomic mass is 10.2. The Morgan fingerprint density at radius 2 is 1.85 bits per heavy atom. The number of pyridine rings is 1. The van der Waals surface area contributed by atoms with Crippen molar-refractivity contribution in [2.24, 2.45) is 0 Å². The van der Waals surface area contributed by atoms with E-state index in [1.165, 1.54) is 4.68 Å². The standard InChI is InChI=1S/C20H15BrN4O2/c21-15-5-6-18(26)14(11-15)12-23-25-19(13-7-9-22-10-8-13)24-17-4-2-1-3-16(17)20(25)27/h1-11,23,26H,12H2. The lowest BCUT2D eigenvalue weighted by Crippen LogP contribution is -2.31. The van der Waals surface area contributed by atoms with Crippen LogP contribution >= 0.6 is 15.9 Å². The van der Waals surface area contributed by atoms with Gasteiger partial charge in [0.2, 0.25) is 0 Å². The zero-order chi connectivity index (χ0) is 18.8. The molecule has 2 aromatic heterocycles. The molecule has 0 bridgehead atoms. The summed E-state index contributed by atoms with van der Waals surface area (Å²) in [5.41, 5.74) is 4.93. The first-order valence-corrected chi connectivity index (χ1v) is 9.06. The zero-order valence-electron chi connectivity index (χ0n) is 14.1. The first-order chi connectivity index (χ1) is 13.1. The minimum Gasteiger partial charge on any atom is -0.508 e. The van der Waals surface area contributed by atoms with Crippen molar-refractivity contribution in [1.82, 2.24) is 14.6 Å². The van der Waals surface area contributed by atoms with Crippen molar-refractivity contribution in [3.8, 4) is 17.1 Å². The summed E-state index contributed by atoms with van der Waals surface area (Å²) in [6.07, 6.45) is 3.31. The van der Waals surface area contributed by atoms with Gasteiger partial charge in [-0.25, -0.2) is 9.66 Å². The van der Waals surface area contributed by atoms with Gasteiger partial charge in [0.15, 0.2) is 5.82 Å². The Kier molecular flexibility index (Phi) is 4.60. The molecule has 0 saturated heterocycles. The highest BCUT2D eigenvalue weighted by atomic mass is 79.9. The second kappa shape index (κ2) is 7.20. The van der Waals surface area contributed by atoms with Crippen molar-refractivity contribution >= 4 is 26.8 Å². The highest BCUT2D eigenvalue weighted by Gasteiger charge is 2.13. The molecule has 7 heteroatoms. The average molecular weight is 423 g/mol. The van der Waals surface area contributed by atoms with Gasteiger partial charge in [0, 0.05) is 28.0 Å². The van der Waals surface area contributed by atoms with Crippen LogP contribution in [-0.4, -0.2) is 19.8 Å². The predicted octanol–water partition coefficient (Wildman–Crippen LogP) is 3.67. The molecular weight excluding hydrogens is 408 g/mol. The maximum absolute atomic E-state index is 13.1. The number of nitrogens with one attached hydrogen (secondary N) is 1. The number of aromatic hydroxyl groups is 1. The summed E-state index contributed by atoms with van der Waals surface area (Å²) in [6.45, 7) is 0.253. The van der Waals surface area contributed by atoms with Gasteiger partial charge in [-0.1, -0.05) is 28.1 Å². The van der Waals surface area contributed by atoms with Crippen LogP contribution in [0, 0.1) is 0 Å². The third-order valence-corrected chi connectivity index (χ3v) is 4.68. The molecule has 27 heavy (non-hydrogen) atoms. The minimum atomic E-state index is -0.207. The molecule has 0 radical (unpaired) electrons. The molecule has 0 spiro atoms. The van der Waals surface area contributed by atoms with Crippen LogP contribution in [0.15, 0.2) is 76.3 Å². The quantitative estimate of drug-likeness (QED) is 0.524. The van der Waals surface area contributed by atoms with Gasteiger partial charge in [0.25, 0.3) is 5.56 Å². The Labute approximate surface area is 163 Å². The Morgan fingerprint density at radius 1 is 1.07 bits per heavy atom. The lowest BCUT2D eigenvalue weighted by Gasteiger charge is -2.16. The Bertz CT molecular complexity index is 1180. The molecular formula is C20H15BrN4O2. The van der Waals surface area contributed by atoms with Gasteiger partial charge in [-0.3, -0.25) is 9.78 Å². The van der Waals surface area contributed by atoms with E-state index >= 15 is 0 Å². The Morgan fingerprint density at radius 3 is 2.67 bits per heavy atom. The predicted molar refractivity (Wildman–Crippen MR) is 108 cm³/mol. The summed E-state index contributed by atoms with van der Waals surface area (Å²) in [5.74, 6) is 0.633. The molecule has 6 nitrogen and oxygen atoms in total. The van der Waals surface area contributed by atoms with E-state index in [0.29, 0.717) is 22.3 Å². The molecule has 0 unspecified atom stereocenters. The van der Waals surface area contributed by atoms with Gasteiger partial charge >= 0.3 is 0 Å². The van der Waals surface area contributed by atoms with Crippen LogP contribution in [0.1, 0.15) is 5.56 Å². The van der Waals surface area contributed by atoms with E-state index in [1.54, 1.807) is 48.8 Å². The second-order valence-corrected chi connectivity index (χ2v) is 6.85. The normalized spacial score (nSPS) is 10.9. The number of phenols is 1. The summed E-state index contributed by atoms with van der Waals surface area (Å²) in [5, 5.41) is 10.6. The van der Waals surface area contributed by atoms with Crippen molar-refractivity contribution in [2.75, 3.05) is 5.43 Å².